The van der Waals surface area contributed by atoms with E-state index in [1.165, 1.54) is 122 Å². The van der Waals surface area contributed by atoms with Gasteiger partial charge in [0.1, 0.15) is 0 Å². The van der Waals surface area contributed by atoms with Crippen LogP contribution in [0.4, 0.5) is 0 Å². The van der Waals surface area contributed by atoms with Crippen molar-refractivity contribution in [3.63, 3.8) is 0 Å². The van der Waals surface area contributed by atoms with Crippen molar-refractivity contribution in [3.8, 4) is 0 Å². The molecule has 25 heavy (non-hydrogen) atoms. The Kier molecular flexibility index (Phi) is 15.9. The molecule has 2 atom stereocenters. The van der Waals surface area contributed by atoms with Gasteiger partial charge in [0, 0.05) is 0 Å². The summed E-state index contributed by atoms with van der Waals surface area (Å²) >= 11 is 0. The number of nitrogens with one attached hydrogen (secondary N) is 2. The Labute approximate surface area is 159 Å². The van der Waals surface area contributed by atoms with Crippen molar-refractivity contribution >= 4 is 0 Å². The molecule has 2 heteroatoms. The molecule has 0 bridgehead atoms. The highest BCUT2D eigenvalue weighted by Gasteiger charge is 2.35. The van der Waals surface area contributed by atoms with Crippen molar-refractivity contribution in [1.82, 2.24) is 10.6 Å². The number of hydrogen-bond acceptors (Lipinski definition) is 2. The van der Waals surface area contributed by atoms with Gasteiger partial charge >= 0.3 is 0 Å². The normalized spacial score (nSPS) is 19.4. The molecule has 0 unspecified atom stereocenters. The Balaban J connectivity index is 1.71. The number of rotatable bonds is 20. The predicted octanol–water partition coefficient (Wildman–Crippen LogP) is 6.30. The largest absolute Gasteiger partial charge is 0.317 e. The van der Waals surface area contributed by atoms with Gasteiger partial charge in [-0.25, -0.2) is 0 Å². The van der Waals surface area contributed by atoms with Crippen LogP contribution in [-0.4, -0.2) is 26.2 Å². The third-order valence-electron chi connectivity index (χ3n) is 5.82. The van der Waals surface area contributed by atoms with E-state index < -0.39 is 0 Å². The topological polar surface area (TPSA) is 24.1 Å². The molecule has 0 amide bonds. The van der Waals surface area contributed by atoms with Gasteiger partial charge in [0.25, 0.3) is 0 Å². The average Bonchev–Trinajstić information content (AvgIpc) is 3.37. The molecule has 1 aliphatic carbocycles. The van der Waals surface area contributed by atoms with Crippen LogP contribution in [0.2, 0.25) is 0 Å². The van der Waals surface area contributed by atoms with Gasteiger partial charge in [0.15, 0.2) is 0 Å². The van der Waals surface area contributed by atoms with Gasteiger partial charge in [-0.15, -0.1) is 0 Å². The minimum atomic E-state index is 1.01. The first-order chi connectivity index (χ1) is 12.4. The van der Waals surface area contributed by atoms with Gasteiger partial charge in [-0.1, -0.05) is 84.5 Å². The zero-order valence-corrected chi connectivity index (χ0v) is 17.6. The van der Waals surface area contributed by atoms with Crippen LogP contribution in [-0.2, 0) is 0 Å². The molecule has 0 saturated heterocycles. The van der Waals surface area contributed by atoms with Crippen molar-refractivity contribution in [2.24, 2.45) is 11.8 Å². The Morgan fingerprint density at radius 3 is 1.72 bits per heavy atom. The van der Waals surface area contributed by atoms with Crippen molar-refractivity contribution in [3.05, 3.63) is 0 Å². The lowest BCUT2D eigenvalue weighted by Crippen LogP contribution is -2.18. The summed E-state index contributed by atoms with van der Waals surface area (Å²) in [4.78, 5) is 0. The number of hydrogen-bond donors (Lipinski definition) is 2. The minimum absolute atomic E-state index is 1.01. The SMILES string of the molecule is CCCCCCCNC[C@H]1C[C@@H]1CCCCCCNCCCCCC. The Morgan fingerprint density at radius 2 is 1.08 bits per heavy atom. The summed E-state index contributed by atoms with van der Waals surface area (Å²) in [7, 11) is 0. The standard InChI is InChI=1S/C23H48N2/c1-3-5-7-10-15-19-25-21-23-20-22(23)16-12-9-11-14-18-24-17-13-8-6-4-2/h22-25H,3-21H2,1-2H3/t22-,23+/m0/s1. The molecule has 0 heterocycles. The molecule has 1 rings (SSSR count). The van der Waals surface area contributed by atoms with Gasteiger partial charge in [-0.05, 0) is 63.7 Å². The molecule has 150 valence electrons. The average molecular weight is 353 g/mol. The van der Waals surface area contributed by atoms with Gasteiger partial charge in [0.05, 0.1) is 0 Å². The van der Waals surface area contributed by atoms with Gasteiger partial charge < -0.3 is 10.6 Å². The van der Waals surface area contributed by atoms with Crippen LogP contribution >= 0.6 is 0 Å². The molecule has 0 aromatic rings. The van der Waals surface area contributed by atoms with Crippen LogP contribution in [0.25, 0.3) is 0 Å². The van der Waals surface area contributed by atoms with Gasteiger partial charge in [-0.2, -0.15) is 0 Å². The lowest BCUT2D eigenvalue weighted by Gasteiger charge is -2.05. The molecule has 1 fully saturated rings. The first-order valence-electron chi connectivity index (χ1n) is 11.8. The van der Waals surface area contributed by atoms with Crippen LogP contribution in [0.5, 0.6) is 0 Å². The maximum atomic E-state index is 3.69. The number of unbranched alkanes of at least 4 members (excludes halogenated alkanes) is 10. The molecule has 0 aromatic carbocycles. The highest BCUT2D eigenvalue weighted by atomic mass is 14.9. The third kappa shape index (κ3) is 14.7. The summed E-state index contributed by atoms with van der Waals surface area (Å²) in [5, 5.41) is 7.29. The van der Waals surface area contributed by atoms with E-state index in [9.17, 15) is 0 Å². The van der Waals surface area contributed by atoms with E-state index in [0.717, 1.165) is 11.8 Å². The van der Waals surface area contributed by atoms with E-state index in [4.69, 9.17) is 0 Å². The van der Waals surface area contributed by atoms with E-state index in [1.807, 2.05) is 0 Å². The lowest BCUT2D eigenvalue weighted by molar-refractivity contribution is 0.517. The van der Waals surface area contributed by atoms with Crippen molar-refractivity contribution < 1.29 is 0 Å². The molecule has 1 saturated carbocycles. The summed E-state index contributed by atoms with van der Waals surface area (Å²) in [5.74, 6) is 2.07. The summed E-state index contributed by atoms with van der Waals surface area (Å²) < 4.78 is 0. The first kappa shape index (κ1) is 23.0. The fraction of sp³-hybridized carbons (Fsp3) is 1.00. The van der Waals surface area contributed by atoms with Crippen molar-refractivity contribution in [2.45, 2.75) is 110 Å². The molecule has 0 aliphatic heterocycles. The first-order valence-corrected chi connectivity index (χ1v) is 11.8. The molecule has 2 nitrogen and oxygen atoms in total. The van der Waals surface area contributed by atoms with E-state index in [1.54, 1.807) is 0 Å². The molecule has 0 spiro atoms. The maximum absolute atomic E-state index is 3.69. The maximum Gasteiger partial charge on any atom is -0.00178 e. The van der Waals surface area contributed by atoms with Crippen LogP contribution in [0.15, 0.2) is 0 Å². The smallest absolute Gasteiger partial charge is 0.00178 e. The molecule has 0 radical (unpaired) electrons. The summed E-state index contributed by atoms with van der Waals surface area (Å²) in [6.45, 7) is 9.58. The van der Waals surface area contributed by atoms with Crippen LogP contribution in [0.3, 0.4) is 0 Å². The highest BCUT2D eigenvalue weighted by Crippen LogP contribution is 2.41. The molecule has 0 aromatic heterocycles. The van der Waals surface area contributed by atoms with Crippen LogP contribution in [0.1, 0.15) is 110 Å². The molecule has 1 aliphatic rings. The molecular weight excluding hydrogens is 304 g/mol. The summed E-state index contributed by atoms with van der Waals surface area (Å²) in [6, 6.07) is 0. The Hall–Kier alpha value is -0.0800. The summed E-state index contributed by atoms with van der Waals surface area (Å²) in [6.07, 6.45) is 21.2. The Bertz CT molecular complexity index is 267. The van der Waals surface area contributed by atoms with Crippen LogP contribution < -0.4 is 10.6 Å². The quantitative estimate of drug-likeness (QED) is 0.251. The van der Waals surface area contributed by atoms with E-state index in [0.29, 0.717) is 0 Å². The van der Waals surface area contributed by atoms with Crippen molar-refractivity contribution in [1.29, 1.82) is 0 Å². The minimum Gasteiger partial charge on any atom is -0.317 e. The fourth-order valence-electron chi connectivity index (χ4n) is 3.87. The third-order valence-corrected chi connectivity index (χ3v) is 5.82. The second kappa shape index (κ2) is 17.3. The van der Waals surface area contributed by atoms with Gasteiger partial charge in [-0.3, -0.25) is 0 Å². The molecular formula is C23H48N2. The monoisotopic (exact) mass is 352 g/mol. The zero-order chi connectivity index (χ0) is 18.0. The molecule has 2 N–H and O–H groups in total. The van der Waals surface area contributed by atoms with E-state index >= 15 is 0 Å². The summed E-state index contributed by atoms with van der Waals surface area (Å²) in [5.41, 5.74) is 0. The van der Waals surface area contributed by atoms with E-state index in [-0.39, 0.29) is 0 Å². The lowest BCUT2D eigenvalue weighted by atomic mass is 10.1. The zero-order valence-electron chi connectivity index (χ0n) is 17.6. The fourth-order valence-corrected chi connectivity index (χ4v) is 3.87. The van der Waals surface area contributed by atoms with Crippen LogP contribution in [0, 0.1) is 11.8 Å². The highest BCUT2D eigenvalue weighted by molar-refractivity contribution is 4.87. The van der Waals surface area contributed by atoms with Gasteiger partial charge in [0.2, 0.25) is 0 Å². The van der Waals surface area contributed by atoms with E-state index in [2.05, 4.69) is 24.5 Å². The van der Waals surface area contributed by atoms with Crippen molar-refractivity contribution in [2.75, 3.05) is 26.2 Å². The predicted molar refractivity (Wildman–Crippen MR) is 113 cm³/mol. The second-order valence-electron chi connectivity index (χ2n) is 8.39. The second-order valence-corrected chi connectivity index (χ2v) is 8.39. The Morgan fingerprint density at radius 1 is 0.560 bits per heavy atom.